The summed E-state index contributed by atoms with van der Waals surface area (Å²) in [5.74, 6) is -0.270. The van der Waals surface area contributed by atoms with E-state index < -0.39 is 6.29 Å². The zero-order valence-corrected chi connectivity index (χ0v) is 25.6. The van der Waals surface area contributed by atoms with Crippen molar-refractivity contribution < 1.29 is 33.3 Å². The molecule has 1 saturated heterocycles. The van der Waals surface area contributed by atoms with Gasteiger partial charge in [0.25, 0.3) is 5.91 Å². The number of carbonyl (C=O) groups excluding carboxylic acids is 1. The third kappa shape index (κ3) is 6.72. The van der Waals surface area contributed by atoms with Gasteiger partial charge in [-0.15, -0.1) is 0 Å². The summed E-state index contributed by atoms with van der Waals surface area (Å²) in [5, 5.41) is 9.89. The molecule has 2 aromatic carbocycles. The topological polar surface area (TPSA) is 128 Å². The number of likely N-dealkylation sites (tertiary alicyclic amines) is 1. The van der Waals surface area contributed by atoms with Crippen LogP contribution in [0.4, 0.5) is 0 Å². The first-order valence-electron chi connectivity index (χ1n) is 15.8. The number of aromatic nitrogens is 2. The Morgan fingerprint density at radius 3 is 2.58 bits per heavy atom. The Morgan fingerprint density at radius 2 is 1.78 bits per heavy atom. The van der Waals surface area contributed by atoms with Crippen LogP contribution >= 0.6 is 0 Å². The normalized spacial score (nSPS) is 20.9. The number of aromatic amines is 1. The van der Waals surface area contributed by atoms with Crippen LogP contribution in [0.25, 0.3) is 22.0 Å². The van der Waals surface area contributed by atoms with Crippen molar-refractivity contribution in [2.45, 2.75) is 44.4 Å². The molecule has 0 bridgehead atoms. The van der Waals surface area contributed by atoms with Gasteiger partial charge >= 0.3 is 5.69 Å². The highest BCUT2D eigenvalue weighted by atomic mass is 16.7. The number of nitrogens with zero attached hydrogens (tertiary/aromatic N) is 2. The molecule has 2 aliphatic rings. The summed E-state index contributed by atoms with van der Waals surface area (Å²) < 4.78 is 31.3. The Bertz CT molecular complexity index is 1660. The number of piperidine rings is 1. The average molecular weight is 620 g/mol. The Kier molecular flexibility index (Phi) is 10.00. The van der Waals surface area contributed by atoms with Crippen LogP contribution in [0.5, 0.6) is 0 Å². The van der Waals surface area contributed by atoms with E-state index in [9.17, 15) is 9.59 Å². The molecule has 0 spiro atoms. The lowest BCUT2D eigenvalue weighted by Gasteiger charge is -2.39. The first-order chi connectivity index (χ1) is 22.1. The van der Waals surface area contributed by atoms with E-state index >= 15 is 0 Å². The van der Waals surface area contributed by atoms with Crippen molar-refractivity contribution in [2.75, 3.05) is 52.7 Å². The van der Waals surface area contributed by atoms with Crippen LogP contribution in [-0.2, 0) is 23.7 Å². The van der Waals surface area contributed by atoms with E-state index in [2.05, 4.69) is 4.98 Å². The molecular formula is C34H41N3O8. The second-order valence-electron chi connectivity index (χ2n) is 11.4. The number of aliphatic hydroxyl groups is 1. The molecule has 45 heavy (non-hydrogen) atoms. The Hall–Kier alpha value is -3.90. The maximum Gasteiger partial charge on any atom is 0.326 e. The van der Waals surface area contributed by atoms with E-state index in [0.29, 0.717) is 58.8 Å². The molecule has 1 amide bonds. The monoisotopic (exact) mass is 619 g/mol. The van der Waals surface area contributed by atoms with Gasteiger partial charge in [-0.25, -0.2) is 4.79 Å². The number of furan rings is 1. The molecule has 11 nitrogen and oxygen atoms in total. The summed E-state index contributed by atoms with van der Waals surface area (Å²) in [6, 6.07) is 15.6. The highest BCUT2D eigenvalue weighted by Crippen LogP contribution is 2.42. The fourth-order valence-corrected chi connectivity index (χ4v) is 6.57. The van der Waals surface area contributed by atoms with E-state index in [1.807, 2.05) is 71.0 Å². The Labute approximate surface area is 261 Å². The van der Waals surface area contributed by atoms with Crippen LogP contribution in [0.3, 0.4) is 0 Å². The first-order valence-corrected chi connectivity index (χ1v) is 15.8. The SMILES string of the molecule is CCO[C@@H]1OC(C(=O)N2CCC(n3c(=O)[nH]c4ccccc43)CC2)=C[C@H](c2coc3ccccc23)[C@@H]1CCOCCOCCO. The van der Waals surface area contributed by atoms with Gasteiger partial charge in [0.1, 0.15) is 5.58 Å². The number of hydrogen-bond acceptors (Lipinski definition) is 8. The van der Waals surface area contributed by atoms with Crippen LogP contribution in [0, 0.1) is 5.92 Å². The number of ether oxygens (including phenoxy) is 4. The predicted octanol–water partition coefficient (Wildman–Crippen LogP) is 4.33. The number of rotatable bonds is 13. The van der Waals surface area contributed by atoms with Gasteiger partial charge in [-0.3, -0.25) is 9.36 Å². The second kappa shape index (κ2) is 14.5. The van der Waals surface area contributed by atoms with E-state index in [1.165, 1.54) is 0 Å². The summed E-state index contributed by atoms with van der Waals surface area (Å²) >= 11 is 0. The smallest absolute Gasteiger partial charge is 0.326 e. The number of fused-ring (bicyclic) bond motifs is 2. The molecule has 0 aliphatic carbocycles. The molecule has 0 unspecified atom stereocenters. The molecule has 240 valence electrons. The predicted molar refractivity (Wildman–Crippen MR) is 168 cm³/mol. The van der Waals surface area contributed by atoms with Gasteiger partial charge in [-0.1, -0.05) is 30.3 Å². The fraction of sp³-hybridized carbons (Fsp3) is 0.471. The maximum atomic E-state index is 14.0. The van der Waals surface area contributed by atoms with Crippen molar-refractivity contribution in [3.8, 4) is 0 Å². The molecule has 1 fully saturated rings. The fourth-order valence-electron chi connectivity index (χ4n) is 6.57. The molecule has 0 radical (unpaired) electrons. The van der Waals surface area contributed by atoms with Crippen LogP contribution in [-0.4, -0.2) is 84.5 Å². The minimum Gasteiger partial charge on any atom is -0.464 e. The van der Waals surface area contributed by atoms with Crippen molar-refractivity contribution in [2.24, 2.45) is 5.92 Å². The van der Waals surface area contributed by atoms with Gasteiger partial charge in [0.2, 0.25) is 6.29 Å². The van der Waals surface area contributed by atoms with Gasteiger partial charge in [0.05, 0.1) is 43.7 Å². The van der Waals surface area contributed by atoms with E-state index in [4.69, 9.17) is 28.5 Å². The lowest BCUT2D eigenvalue weighted by atomic mass is 9.81. The molecule has 11 heteroatoms. The number of imidazole rings is 1. The molecule has 2 aromatic heterocycles. The Morgan fingerprint density at radius 1 is 1.02 bits per heavy atom. The minimum atomic E-state index is -0.658. The number of benzene rings is 2. The summed E-state index contributed by atoms with van der Waals surface area (Å²) in [5.41, 5.74) is 3.32. The van der Waals surface area contributed by atoms with Gasteiger partial charge in [0, 0.05) is 55.1 Å². The molecular weight excluding hydrogens is 578 g/mol. The Balaban J connectivity index is 1.21. The molecule has 2 N–H and O–H groups in total. The average Bonchev–Trinajstić information content (AvgIpc) is 3.65. The molecule has 0 saturated carbocycles. The van der Waals surface area contributed by atoms with Crippen molar-refractivity contribution in [3.05, 3.63) is 82.7 Å². The van der Waals surface area contributed by atoms with Gasteiger partial charge in [0.15, 0.2) is 5.76 Å². The van der Waals surface area contributed by atoms with Crippen LogP contribution in [0.15, 0.2) is 75.8 Å². The van der Waals surface area contributed by atoms with Gasteiger partial charge < -0.3 is 38.4 Å². The highest BCUT2D eigenvalue weighted by molar-refractivity contribution is 5.92. The third-order valence-electron chi connectivity index (χ3n) is 8.74. The van der Waals surface area contributed by atoms with Crippen molar-refractivity contribution >= 4 is 27.9 Å². The zero-order valence-electron chi connectivity index (χ0n) is 25.6. The largest absolute Gasteiger partial charge is 0.464 e. The molecule has 3 atom stereocenters. The lowest BCUT2D eigenvalue weighted by molar-refractivity contribution is -0.172. The molecule has 6 rings (SSSR count). The lowest BCUT2D eigenvalue weighted by Crippen LogP contribution is -2.44. The number of allylic oxidation sites excluding steroid dienone is 1. The standard InChI is InChI=1S/C34H41N3O8/c1-2-43-33-25(13-17-41-19-20-42-18-16-38)26(27-22-44-30-10-6-3-7-24(27)30)21-31(45-33)32(39)36-14-11-23(12-15-36)37-29-9-5-4-8-28(29)35-34(37)40/h3-10,21-23,25-26,33,38H,2,11-20H2,1H3,(H,35,40)/t25-,26-,33+/m0/s1. The van der Waals surface area contributed by atoms with E-state index in [1.54, 1.807) is 6.26 Å². The van der Waals surface area contributed by atoms with Gasteiger partial charge in [-0.2, -0.15) is 0 Å². The number of hydrogen-bond donors (Lipinski definition) is 2. The quantitative estimate of drug-likeness (QED) is 0.212. The van der Waals surface area contributed by atoms with Crippen molar-refractivity contribution in [1.82, 2.24) is 14.5 Å². The third-order valence-corrected chi connectivity index (χ3v) is 8.74. The summed E-state index contributed by atoms with van der Waals surface area (Å²) in [6.45, 7) is 4.85. The van der Waals surface area contributed by atoms with E-state index in [-0.39, 0.29) is 48.4 Å². The van der Waals surface area contributed by atoms with Gasteiger partial charge in [-0.05, 0) is 50.5 Å². The van der Waals surface area contributed by atoms with Crippen LogP contribution in [0.1, 0.15) is 43.7 Å². The van der Waals surface area contributed by atoms with E-state index in [0.717, 1.165) is 27.6 Å². The molecule has 4 aromatic rings. The number of para-hydroxylation sites is 3. The second-order valence-corrected chi connectivity index (χ2v) is 11.4. The number of nitrogens with one attached hydrogen (secondary N) is 1. The van der Waals surface area contributed by atoms with Crippen LogP contribution in [0.2, 0.25) is 0 Å². The number of aliphatic hydroxyl groups excluding tert-OH is 1. The highest BCUT2D eigenvalue weighted by Gasteiger charge is 2.40. The summed E-state index contributed by atoms with van der Waals surface area (Å²) in [7, 11) is 0. The van der Waals surface area contributed by atoms with Crippen molar-refractivity contribution in [3.63, 3.8) is 0 Å². The summed E-state index contributed by atoms with van der Waals surface area (Å²) in [6.07, 6.45) is 4.97. The molecule has 2 aliphatic heterocycles. The summed E-state index contributed by atoms with van der Waals surface area (Å²) in [4.78, 5) is 31.5. The van der Waals surface area contributed by atoms with Crippen LogP contribution < -0.4 is 5.69 Å². The first kappa shape index (κ1) is 31.1. The molecule has 4 heterocycles. The minimum absolute atomic E-state index is 0.00131. The zero-order chi connectivity index (χ0) is 31.2. The number of carbonyl (C=O) groups is 1. The number of amides is 1. The maximum absolute atomic E-state index is 14.0. The van der Waals surface area contributed by atoms with Crippen molar-refractivity contribution in [1.29, 1.82) is 0 Å². The number of H-pyrrole nitrogens is 1.